The van der Waals surface area contributed by atoms with E-state index in [9.17, 15) is 0 Å². The zero-order valence-electron chi connectivity index (χ0n) is 10.2. The fourth-order valence-corrected chi connectivity index (χ4v) is 3.16. The van der Waals surface area contributed by atoms with E-state index in [0.717, 1.165) is 31.1 Å². The van der Waals surface area contributed by atoms with Crippen molar-refractivity contribution in [2.75, 3.05) is 13.2 Å². The lowest BCUT2D eigenvalue weighted by atomic mass is 10.1. The molecule has 2 heterocycles. The van der Waals surface area contributed by atoms with Gasteiger partial charge >= 0.3 is 0 Å². The molecule has 0 amide bonds. The minimum absolute atomic E-state index is 0.355. The quantitative estimate of drug-likeness (QED) is 0.882. The number of thiazole rings is 1. The maximum atomic E-state index is 5.36. The van der Waals surface area contributed by atoms with E-state index in [2.05, 4.69) is 31.1 Å². The van der Waals surface area contributed by atoms with Crippen molar-refractivity contribution in [3.8, 4) is 0 Å². The van der Waals surface area contributed by atoms with Crippen LogP contribution in [0.2, 0.25) is 0 Å². The molecule has 0 aromatic carbocycles. The monoisotopic (exact) mass is 240 g/mol. The second-order valence-corrected chi connectivity index (χ2v) is 5.86. The molecule has 0 unspecified atom stereocenters. The van der Waals surface area contributed by atoms with Crippen molar-refractivity contribution < 1.29 is 4.74 Å². The molecule has 0 spiro atoms. The first-order chi connectivity index (χ1) is 7.66. The van der Waals surface area contributed by atoms with Gasteiger partial charge in [-0.05, 0) is 33.6 Å². The van der Waals surface area contributed by atoms with Crippen molar-refractivity contribution in [1.29, 1.82) is 0 Å². The molecule has 3 nitrogen and oxygen atoms in total. The molecule has 90 valence electrons. The molecular formula is C12H20N2OS. The van der Waals surface area contributed by atoms with E-state index >= 15 is 0 Å². The lowest BCUT2D eigenvalue weighted by Crippen LogP contribution is -2.36. The van der Waals surface area contributed by atoms with Crippen LogP contribution in [0.5, 0.6) is 0 Å². The Morgan fingerprint density at radius 2 is 2.06 bits per heavy atom. The Kier molecular flexibility index (Phi) is 3.95. The number of nitrogens with one attached hydrogen (secondary N) is 1. The van der Waals surface area contributed by atoms with Crippen LogP contribution in [0, 0.1) is 13.8 Å². The summed E-state index contributed by atoms with van der Waals surface area (Å²) in [6, 6.07) is 0.943. The van der Waals surface area contributed by atoms with Gasteiger partial charge in [0.15, 0.2) is 0 Å². The molecule has 1 saturated heterocycles. The highest BCUT2D eigenvalue weighted by Crippen LogP contribution is 2.23. The average Bonchev–Trinajstić information content (AvgIpc) is 2.59. The van der Waals surface area contributed by atoms with Crippen LogP contribution < -0.4 is 5.32 Å². The fraction of sp³-hybridized carbons (Fsp3) is 0.750. The first-order valence-corrected chi connectivity index (χ1v) is 6.76. The number of nitrogens with zero attached hydrogens (tertiary/aromatic N) is 1. The van der Waals surface area contributed by atoms with Crippen molar-refractivity contribution in [1.82, 2.24) is 10.3 Å². The minimum atomic E-state index is 0.355. The van der Waals surface area contributed by atoms with Gasteiger partial charge in [-0.15, -0.1) is 11.3 Å². The molecule has 0 saturated carbocycles. The Balaban J connectivity index is 1.96. The maximum absolute atomic E-state index is 5.36. The molecule has 1 aromatic rings. The van der Waals surface area contributed by atoms with Crippen LogP contribution in [-0.4, -0.2) is 24.2 Å². The van der Waals surface area contributed by atoms with Crippen molar-refractivity contribution in [3.63, 3.8) is 0 Å². The molecule has 0 aliphatic carbocycles. The second kappa shape index (κ2) is 5.25. The third-order valence-electron chi connectivity index (χ3n) is 3.06. The molecule has 4 heteroatoms. The molecule has 2 rings (SSSR count). The fourth-order valence-electron chi connectivity index (χ4n) is 2.24. The van der Waals surface area contributed by atoms with E-state index in [1.165, 1.54) is 10.6 Å². The van der Waals surface area contributed by atoms with Crippen molar-refractivity contribution in [2.45, 2.75) is 45.7 Å². The Labute approximate surface area is 101 Å². The van der Waals surface area contributed by atoms with Gasteiger partial charge in [-0.2, -0.15) is 0 Å². The third-order valence-corrected chi connectivity index (χ3v) is 3.96. The number of aryl methyl sites for hydroxylation is 2. The zero-order valence-corrected chi connectivity index (χ0v) is 11.1. The third kappa shape index (κ3) is 2.81. The summed E-state index contributed by atoms with van der Waals surface area (Å²) in [5, 5.41) is 4.81. The van der Waals surface area contributed by atoms with Gasteiger partial charge in [0.25, 0.3) is 0 Å². The summed E-state index contributed by atoms with van der Waals surface area (Å²) in [6.45, 7) is 8.21. The molecule has 16 heavy (non-hydrogen) atoms. The lowest BCUT2D eigenvalue weighted by molar-refractivity contribution is 0.0753. The predicted molar refractivity (Wildman–Crippen MR) is 67.0 cm³/mol. The van der Waals surface area contributed by atoms with Gasteiger partial charge in [-0.3, -0.25) is 0 Å². The highest BCUT2D eigenvalue weighted by molar-refractivity contribution is 7.11. The molecule has 1 N–H and O–H groups in total. The smallest absolute Gasteiger partial charge is 0.0900 e. The summed E-state index contributed by atoms with van der Waals surface area (Å²) in [4.78, 5) is 5.94. The van der Waals surface area contributed by atoms with E-state index in [0.29, 0.717) is 12.1 Å². The maximum Gasteiger partial charge on any atom is 0.0900 e. The SMILES string of the molecule is Cc1nc([C@H](C)NC2CCOCC2)c(C)s1. The summed E-state index contributed by atoms with van der Waals surface area (Å²) >= 11 is 1.78. The van der Waals surface area contributed by atoms with E-state index in [1.54, 1.807) is 11.3 Å². The molecule has 1 atom stereocenters. The van der Waals surface area contributed by atoms with E-state index in [-0.39, 0.29) is 0 Å². The van der Waals surface area contributed by atoms with E-state index in [1.807, 2.05) is 0 Å². The van der Waals surface area contributed by atoms with Gasteiger partial charge in [0.1, 0.15) is 0 Å². The number of hydrogen-bond acceptors (Lipinski definition) is 4. The van der Waals surface area contributed by atoms with Crippen molar-refractivity contribution >= 4 is 11.3 Å². The summed E-state index contributed by atoms with van der Waals surface area (Å²) in [6.07, 6.45) is 2.24. The van der Waals surface area contributed by atoms with Crippen LogP contribution in [0.4, 0.5) is 0 Å². The summed E-state index contributed by atoms with van der Waals surface area (Å²) in [5.41, 5.74) is 1.22. The van der Waals surface area contributed by atoms with Crippen molar-refractivity contribution in [3.05, 3.63) is 15.6 Å². The van der Waals surface area contributed by atoms with Crippen LogP contribution in [0.15, 0.2) is 0 Å². The number of hydrogen-bond donors (Lipinski definition) is 1. The van der Waals surface area contributed by atoms with Crippen LogP contribution in [0.3, 0.4) is 0 Å². The summed E-state index contributed by atoms with van der Waals surface area (Å²) in [5.74, 6) is 0. The van der Waals surface area contributed by atoms with Gasteiger partial charge in [0, 0.05) is 30.2 Å². The van der Waals surface area contributed by atoms with Crippen molar-refractivity contribution in [2.24, 2.45) is 0 Å². The molecule has 1 aromatic heterocycles. The van der Waals surface area contributed by atoms with Gasteiger partial charge in [0.05, 0.1) is 10.7 Å². The van der Waals surface area contributed by atoms with Gasteiger partial charge in [-0.1, -0.05) is 0 Å². The standard InChI is InChI=1S/C12H20N2OS/c1-8(12-9(2)16-10(3)14-12)13-11-4-6-15-7-5-11/h8,11,13H,4-7H2,1-3H3/t8-/m0/s1. The van der Waals surface area contributed by atoms with Gasteiger partial charge < -0.3 is 10.1 Å². The zero-order chi connectivity index (χ0) is 11.5. The molecule has 0 bridgehead atoms. The van der Waals surface area contributed by atoms with E-state index in [4.69, 9.17) is 4.74 Å². The minimum Gasteiger partial charge on any atom is -0.381 e. The average molecular weight is 240 g/mol. The van der Waals surface area contributed by atoms with Crippen LogP contribution in [0.25, 0.3) is 0 Å². The normalized spacial score (nSPS) is 19.9. The molecule has 0 radical (unpaired) electrons. The predicted octanol–water partition coefficient (Wildman–Crippen LogP) is 2.59. The number of ether oxygens (including phenoxy) is 1. The summed E-state index contributed by atoms with van der Waals surface area (Å²) < 4.78 is 5.36. The molecular weight excluding hydrogens is 220 g/mol. The van der Waals surface area contributed by atoms with Gasteiger partial charge in [-0.25, -0.2) is 4.98 Å². The van der Waals surface area contributed by atoms with Gasteiger partial charge in [0.2, 0.25) is 0 Å². The second-order valence-electron chi connectivity index (χ2n) is 4.45. The van der Waals surface area contributed by atoms with Crippen LogP contribution in [-0.2, 0) is 4.74 Å². The Bertz CT molecular complexity index is 345. The first kappa shape index (κ1) is 12.0. The lowest BCUT2D eigenvalue weighted by Gasteiger charge is -2.26. The topological polar surface area (TPSA) is 34.2 Å². The Morgan fingerprint density at radius 1 is 1.38 bits per heavy atom. The molecule has 1 aliphatic heterocycles. The first-order valence-electron chi connectivity index (χ1n) is 5.94. The summed E-state index contributed by atoms with van der Waals surface area (Å²) in [7, 11) is 0. The van der Waals surface area contributed by atoms with Crippen LogP contribution in [0.1, 0.15) is 41.4 Å². The number of aromatic nitrogens is 1. The Hall–Kier alpha value is -0.450. The van der Waals surface area contributed by atoms with Crippen LogP contribution >= 0.6 is 11.3 Å². The Morgan fingerprint density at radius 3 is 2.62 bits per heavy atom. The number of rotatable bonds is 3. The largest absolute Gasteiger partial charge is 0.381 e. The molecule has 1 fully saturated rings. The highest BCUT2D eigenvalue weighted by Gasteiger charge is 2.19. The molecule has 1 aliphatic rings. The van der Waals surface area contributed by atoms with E-state index < -0.39 is 0 Å². The highest BCUT2D eigenvalue weighted by atomic mass is 32.1.